The molecule has 1 aromatic heterocycles. The summed E-state index contributed by atoms with van der Waals surface area (Å²) in [6, 6.07) is 0. The molecule has 0 spiro atoms. The standard InChI is InChI=1S/C3H4N2OS/c1-5-2-4-7-3(5)6/h2H,1H3. The van der Waals surface area contributed by atoms with Gasteiger partial charge in [-0.1, -0.05) is 0 Å². The molecule has 4 heteroatoms. The second-order valence-corrected chi connectivity index (χ2v) is 1.93. The van der Waals surface area contributed by atoms with E-state index in [4.69, 9.17) is 0 Å². The van der Waals surface area contributed by atoms with Crippen LogP contribution < -0.4 is 4.87 Å². The highest BCUT2D eigenvalue weighted by molar-refractivity contribution is 7.02. The van der Waals surface area contributed by atoms with Gasteiger partial charge in [0.1, 0.15) is 6.33 Å². The molecule has 1 heterocycles. The van der Waals surface area contributed by atoms with E-state index in [1.807, 2.05) is 0 Å². The lowest BCUT2D eigenvalue weighted by atomic mass is 11.1. The van der Waals surface area contributed by atoms with E-state index in [0.717, 1.165) is 11.5 Å². The van der Waals surface area contributed by atoms with Gasteiger partial charge in [-0.3, -0.25) is 9.36 Å². The molecule has 0 bridgehead atoms. The van der Waals surface area contributed by atoms with Gasteiger partial charge in [-0.15, -0.1) is 0 Å². The van der Waals surface area contributed by atoms with Crippen LogP contribution in [0.4, 0.5) is 0 Å². The normalized spacial score (nSPS) is 9.29. The van der Waals surface area contributed by atoms with Crippen LogP contribution in [0.2, 0.25) is 0 Å². The van der Waals surface area contributed by atoms with Gasteiger partial charge in [-0.25, -0.2) is 0 Å². The summed E-state index contributed by atoms with van der Waals surface area (Å²) in [5.41, 5.74) is 0. The SMILES string of the molecule is Cn1cnsc1=O. The maximum absolute atomic E-state index is 10.3. The highest BCUT2D eigenvalue weighted by Gasteiger charge is 1.84. The van der Waals surface area contributed by atoms with Crippen LogP contribution >= 0.6 is 11.5 Å². The molecule has 0 amide bonds. The minimum atomic E-state index is -0.0139. The third-order valence-corrected chi connectivity index (χ3v) is 1.28. The van der Waals surface area contributed by atoms with E-state index in [1.165, 1.54) is 10.9 Å². The number of hydrogen-bond donors (Lipinski definition) is 0. The fourth-order valence-corrected chi connectivity index (χ4v) is 0.706. The highest BCUT2D eigenvalue weighted by atomic mass is 32.1. The van der Waals surface area contributed by atoms with Crippen molar-refractivity contribution < 1.29 is 0 Å². The molecule has 7 heavy (non-hydrogen) atoms. The van der Waals surface area contributed by atoms with Crippen molar-refractivity contribution in [2.45, 2.75) is 0 Å². The number of hydrogen-bond acceptors (Lipinski definition) is 3. The van der Waals surface area contributed by atoms with Gasteiger partial charge in [-0.05, 0) is 0 Å². The van der Waals surface area contributed by atoms with Gasteiger partial charge in [-0.2, -0.15) is 4.37 Å². The van der Waals surface area contributed by atoms with Gasteiger partial charge < -0.3 is 0 Å². The van der Waals surface area contributed by atoms with E-state index in [9.17, 15) is 4.79 Å². The molecule has 38 valence electrons. The van der Waals surface area contributed by atoms with E-state index in [-0.39, 0.29) is 4.87 Å². The smallest absolute Gasteiger partial charge is 0.291 e. The summed E-state index contributed by atoms with van der Waals surface area (Å²) in [5.74, 6) is 0. The zero-order valence-electron chi connectivity index (χ0n) is 3.79. The summed E-state index contributed by atoms with van der Waals surface area (Å²) in [4.78, 5) is 10.3. The van der Waals surface area contributed by atoms with Gasteiger partial charge in [0.15, 0.2) is 0 Å². The maximum atomic E-state index is 10.3. The number of rotatable bonds is 0. The van der Waals surface area contributed by atoms with Crippen molar-refractivity contribution in [3.8, 4) is 0 Å². The van der Waals surface area contributed by atoms with Crippen LogP contribution in [0.15, 0.2) is 11.1 Å². The zero-order chi connectivity index (χ0) is 5.28. The Labute approximate surface area is 44.4 Å². The Morgan fingerprint density at radius 2 is 2.71 bits per heavy atom. The third-order valence-electron chi connectivity index (χ3n) is 0.639. The molecular weight excluding hydrogens is 112 g/mol. The molecule has 0 unspecified atom stereocenters. The molecule has 0 radical (unpaired) electrons. The first-order valence-corrected chi connectivity index (χ1v) is 2.55. The second-order valence-electron chi connectivity index (χ2n) is 1.19. The fourth-order valence-electron chi connectivity index (χ4n) is 0.251. The van der Waals surface area contributed by atoms with Gasteiger partial charge in [0.2, 0.25) is 0 Å². The predicted octanol–water partition coefficient (Wildman–Crippen LogP) is -0.158. The van der Waals surface area contributed by atoms with E-state index < -0.39 is 0 Å². The van der Waals surface area contributed by atoms with Gasteiger partial charge >= 0.3 is 4.87 Å². The number of aryl methyl sites for hydroxylation is 1. The van der Waals surface area contributed by atoms with Crippen LogP contribution in [0.5, 0.6) is 0 Å². The molecule has 1 aromatic rings. The lowest BCUT2D eigenvalue weighted by Gasteiger charge is -1.74. The van der Waals surface area contributed by atoms with Gasteiger partial charge in [0.25, 0.3) is 0 Å². The molecule has 0 aliphatic carbocycles. The van der Waals surface area contributed by atoms with E-state index >= 15 is 0 Å². The van der Waals surface area contributed by atoms with Crippen LogP contribution in [0, 0.1) is 0 Å². The van der Waals surface area contributed by atoms with Crippen LogP contribution in [0.25, 0.3) is 0 Å². The molecular formula is C3H4N2OS. The summed E-state index contributed by atoms with van der Waals surface area (Å²) in [6.45, 7) is 0. The van der Waals surface area contributed by atoms with Crippen molar-refractivity contribution in [3.63, 3.8) is 0 Å². The Kier molecular flexibility index (Phi) is 0.941. The minimum absolute atomic E-state index is 0.0139. The van der Waals surface area contributed by atoms with Crippen molar-refractivity contribution in [2.24, 2.45) is 7.05 Å². The topological polar surface area (TPSA) is 34.9 Å². The van der Waals surface area contributed by atoms with Gasteiger partial charge in [0, 0.05) is 18.6 Å². The second kappa shape index (κ2) is 1.46. The Morgan fingerprint density at radius 1 is 2.00 bits per heavy atom. The van der Waals surface area contributed by atoms with E-state index in [1.54, 1.807) is 7.05 Å². The highest BCUT2D eigenvalue weighted by Crippen LogP contribution is 1.73. The lowest BCUT2D eigenvalue weighted by Crippen LogP contribution is -2.04. The van der Waals surface area contributed by atoms with E-state index in [2.05, 4.69) is 4.37 Å². The van der Waals surface area contributed by atoms with Crippen molar-refractivity contribution >= 4 is 11.5 Å². The Morgan fingerprint density at radius 3 is 2.86 bits per heavy atom. The Balaban J connectivity index is 3.39. The van der Waals surface area contributed by atoms with Crippen LogP contribution in [0.3, 0.4) is 0 Å². The first-order valence-electron chi connectivity index (χ1n) is 1.78. The molecule has 0 aliphatic rings. The summed E-state index contributed by atoms with van der Waals surface area (Å²) >= 11 is 0.962. The monoisotopic (exact) mass is 116 g/mol. The van der Waals surface area contributed by atoms with Crippen molar-refractivity contribution in [2.75, 3.05) is 0 Å². The summed E-state index contributed by atoms with van der Waals surface area (Å²) in [7, 11) is 1.67. The quantitative estimate of drug-likeness (QED) is 0.472. The number of aromatic nitrogens is 2. The molecule has 0 aliphatic heterocycles. The number of nitrogens with zero attached hydrogens (tertiary/aromatic N) is 2. The van der Waals surface area contributed by atoms with Crippen molar-refractivity contribution in [1.82, 2.24) is 8.94 Å². The average molecular weight is 116 g/mol. The predicted molar refractivity (Wildman–Crippen MR) is 27.4 cm³/mol. The van der Waals surface area contributed by atoms with Crippen LogP contribution in [0.1, 0.15) is 0 Å². The molecule has 0 saturated heterocycles. The lowest BCUT2D eigenvalue weighted by molar-refractivity contribution is 0.880. The minimum Gasteiger partial charge on any atom is -0.291 e. The largest absolute Gasteiger partial charge is 0.325 e. The molecule has 0 fully saturated rings. The van der Waals surface area contributed by atoms with Crippen molar-refractivity contribution in [3.05, 3.63) is 16.0 Å². The first kappa shape index (κ1) is 4.52. The molecule has 0 saturated carbocycles. The Bertz CT molecular complexity index is 201. The fraction of sp³-hybridized carbons (Fsp3) is 0.333. The van der Waals surface area contributed by atoms with Crippen LogP contribution in [-0.2, 0) is 7.05 Å². The van der Waals surface area contributed by atoms with E-state index in [0.29, 0.717) is 0 Å². The maximum Gasteiger partial charge on any atom is 0.325 e. The summed E-state index contributed by atoms with van der Waals surface area (Å²) < 4.78 is 5.05. The zero-order valence-corrected chi connectivity index (χ0v) is 4.60. The summed E-state index contributed by atoms with van der Waals surface area (Å²) in [5, 5.41) is 0. The molecule has 0 aromatic carbocycles. The van der Waals surface area contributed by atoms with Crippen molar-refractivity contribution in [1.29, 1.82) is 0 Å². The Hall–Kier alpha value is -0.640. The molecule has 1 rings (SSSR count). The van der Waals surface area contributed by atoms with Gasteiger partial charge in [0.05, 0.1) is 0 Å². The van der Waals surface area contributed by atoms with Crippen LogP contribution in [-0.4, -0.2) is 8.94 Å². The first-order chi connectivity index (χ1) is 3.30. The molecule has 3 nitrogen and oxygen atoms in total. The molecule has 0 atom stereocenters. The molecule has 0 N–H and O–H groups in total. The summed E-state index contributed by atoms with van der Waals surface area (Å²) in [6.07, 6.45) is 1.49. The average Bonchev–Trinajstić information content (AvgIpc) is 1.91. The third kappa shape index (κ3) is 0.691.